The van der Waals surface area contributed by atoms with Crippen molar-refractivity contribution in [2.24, 2.45) is 0 Å². The molecule has 4 nitrogen and oxygen atoms in total. The average Bonchev–Trinajstić information content (AvgIpc) is 2.53. The first kappa shape index (κ1) is 14.6. The van der Waals surface area contributed by atoms with Gasteiger partial charge in [0.1, 0.15) is 19.0 Å². The summed E-state index contributed by atoms with van der Waals surface area (Å²) < 4.78 is 25.0. The van der Waals surface area contributed by atoms with Crippen molar-refractivity contribution < 1.29 is 13.9 Å². The lowest BCUT2D eigenvalue weighted by Crippen LogP contribution is -2.40. The molecule has 1 saturated carbocycles. The minimum absolute atomic E-state index is 0.229. The molecule has 116 valence electrons. The topological polar surface area (TPSA) is 42.5 Å². The first-order valence-electron chi connectivity index (χ1n) is 7.75. The number of hydrogen-bond acceptors (Lipinski definition) is 4. The third kappa shape index (κ3) is 3.47. The van der Waals surface area contributed by atoms with Gasteiger partial charge in [-0.25, -0.2) is 4.39 Å². The van der Waals surface area contributed by atoms with Crippen LogP contribution in [0.5, 0.6) is 11.5 Å². The number of nitrogens with one attached hydrogen (secondary N) is 2. The summed E-state index contributed by atoms with van der Waals surface area (Å²) >= 11 is 0. The number of hydrogen-bond donors (Lipinski definition) is 2. The summed E-state index contributed by atoms with van der Waals surface area (Å²) in [4.78, 5) is 0. The van der Waals surface area contributed by atoms with E-state index in [1.807, 2.05) is 7.05 Å². The van der Waals surface area contributed by atoms with Crippen molar-refractivity contribution in [3.05, 3.63) is 23.5 Å². The maximum Gasteiger partial charge on any atom is 0.164 e. The molecule has 1 aliphatic heterocycles. The van der Waals surface area contributed by atoms with Crippen molar-refractivity contribution in [1.82, 2.24) is 10.6 Å². The monoisotopic (exact) mass is 294 g/mol. The van der Waals surface area contributed by atoms with Crippen molar-refractivity contribution in [3.8, 4) is 11.5 Å². The molecule has 2 unspecified atom stereocenters. The highest BCUT2D eigenvalue weighted by atomic mass is 19.1. The molecule has 3 rings (SSSR count). The van der Waals surface area contributed by atoms with Gasteiger partial charge in [-0.2, -0.15) is 0 Å². The van der Waals surface area contributed by atoms with Gasteiger partial charge in [0.25, 0.3) is 0 Å². The summed E-state index contributed by atoms with van der Waals surface area (Å²) in [7, 11) is 2.01. The van der Waals surface area contributed by atoms with Crippen LogP contribution in [0.15, 0.2) is 12.1 Å². The van der Waals surface area contributed by atoms with Crippen LogP contribution in [0.1, 0.15) is 31.2 Å². The van der Waals surface area contributed by atoms with E-state index in [9.17, 15) is 4.39 Å². The Bertz CT molecular complexity index is 495. The van der Waals surface area contributed by atoms with Gasteiger partial charge < -0.3 is 20.1 Å². The van der Waals surface area contributed by atoms with E-state index in [4.69, 9.17) is 9.47 Å². The van der Waals surface area contributed by atoms with Gasteiger partial charge in [0.15, 0.2) is 11.5 Å². The Labute approximate surface area is 125 Å². The van der Waals surface area contributed by atoms with Crippen LogP contribution < -0.4 is 20.1 Å². The molecule has 1 aliphatic carbocycles. The third-order valence-corrected chi connectivity index (χ3v) is 4.37. The van der Waals surface area contributed by atoms with Crippen LogP contribution in [0.3, 0.4) is 0 Å². The van der Waals surface area contributed by atoms with E-state index < -0.39 is 0 Å². The van der Waals surface area contributed by atoms with Gasteiger partial charge in [0.05, 0.1) is 0 Å². The molecular formula is C16H23FN2O2. The van der Waals surface area contributed by atoms with Crippen molar-refractivity contribution in [1.29, 1.82) is 0 Å². The first-order chi connectivity index (χ1) is 10.3. The summed E-state index contributed by atoms with van der Waals surface area (Å²) in [5.41, 5.74) is 0.644. The molecule has 0 bridgehead atoms. The van der Waals surface area contributed by atoms with E-state index in [-0.39, 0.29) is 5.82 Å². The molecule has 1 aromatic carbocycles. The van der Waals surface area contributed by atoms with Crippen LogP contribution in [-0.4, -0.2) is 32.3 Å². The molecule has 0 spiro atoms. The van der Waals surface area contributed by atoms with Gasteiger partial charge in [0, 0.05) is 30.3 Å². The van der Waals surface area contributed by atoms with E-state index in [2.05, 4.69) is 10.6 Å². The van der Waals surface area contributed by atoms with Crippen LogP contribution in [-0.2, 0) is 6.54 Å². The van der Waals surface area contributed by atoms with Crippen molar-refractivity contribution in [3.63, 3.8) is 0 Å². The van der Waals surface area contributed by atoms with Gasteiger partial charge in [-0.05, 0) is 32.4 Å². The second-order valence-corrected chi connectivity index (χ2v) is 5.82. The standard InChI is InChI=1S/C16H23FN2O2/c1-18-12-3-2-4-13(8-12)19-10-11-7-15-16(9-14(11)17)21-6-5-20-15/h7,9,12-13,18-19H,2-6,8,10H2,1H3. The Morgan fingerprint density at radius 1 is 1.14 bits per heavy atom. The summed E-state index contributed by atoms with van der Waals surface area (Å²) in [5.74, 6) is 0.930. The maximum absolute atomic E-state index is 14.1. The van der Waals surface area contributed by atoms with Gasteiger partial charge in [-0.1, -0.05) is 6.42 Å². The smallest absolute Gasteiger partial charge is 0.164 e. The lowest BCUT2D eigenvalue weighted by atomic mass is 9.91. The van der Waals surface area contributed by atoms with E-state index in [0.29, 0.717) is 48.9 Å². The summed E-state index contributed by atoms with van der Waals surface area (Å²) in [6, 6.07) is 4.21. The third-order valence-electron chi connectivity index (χ3n) is 4.37. The summed E-state index contributed by atoms with van der Waals surface area (Å²) in [6.45, 7) is 1.54. The first-order valence-corrected chi connectivity index (χ1v) is 7.75. The molecule has 1 fully saturated rings. The lowest BCUT2D eigenvalue weighted by Gasteiger charge is -2.29. The fourth-order valence-corrected chi connectivity index (χ4v) is 3.13. The average molecular weight is 294 g/mol. The zero-order valence-electron chi connectivity index (χ0n) is 12.5. The molecule has 2 aliphatic rings. The molecule has 1 heterocycles. The number of rotatable bonds is 4. The highest BCUT2D eigenvalue weighted by Gasteiger charge is 2.21. The highest BCUT2D eigenvalue weighted by molar-refractivity contribution is 5.44. The molecule has 2 N–H and O–H groups in total. The van der Waals surface area contributed by atoms with E-state index >= 15 is 0 Å². The van der Waals surface area contributed by atoms with E-state index in [0.717, 1.165) is 12.8 Å². The fourth-order valence-electron chi connectivity index (χ4n) is 3.13. The molecule has 0 radical (unpaired) electrons. The molecule has 0 aromatic heterocycles. The Morgan fingerprint density at radius 3 is 2.62 bits per heavy atom. The van der Waals surface area contributed by atoms with Crippen LogP contribution in [0.25, 0.3) is 0 Å². The summed E-state index contributed by atoms with van der Waals surface area (Å²) in [6.07, 6.45) is 4.70. The quantitative estimate of drug-likeness (QED) is 0.893. The maximum atomic E-state index is 14.1. The Morgan fingerprint density at radius 2 is 1.86 bits per heavy atom. The van der Waals surface area contributed by atoms with Gasteiger partial charge >= 0.3 is 0 Å². The van der Waals surface area contributed by atoms with Crippen LogP contribution in [0.4, 0.5) is 4.39 Å². The number of fused-ring (bicyclic) bond motifs is 1. The SMILES string of the molecule is CNC1CCCC(NCc2cc3c(cc2F)OCCO3)C1. The lowest BCUT2D eigenvalue weighted by molar-refractivity contribution is 0.170. The largest absolute Gasteiger partial charge is 0.486 e. The van der Waals surface area contributed by atoms with Crippen molar-refractivity contribution >= 4 is 0 Å². The van der Waals surface area contributed by atoms with E-state index in [1.54, 1.807) is 6.07 Å². The predicted octanol–water partition coefficient (Wildman–Crippen LogP) is 2.22. The predicted molar refractivity (Wildman–Crippen MR) is 79.3 cm³/mol. The summed E-state index contributed by atoms with van der Waals surface area (Å²) in [5, 5.41) is 6.81. The molecule has 5 heteroatoms. The minimum atomic E-state index is -0.229. The normalized spacial score (nSPS) is 24.9. The molecule has 2 atom stereocenters. The second kappa shape index (κ2) is 6.62. The van der Waals surface area contributed by atoms with Crippen LogP contribution in [0, 0.1) is 5.82 Å². The molecule has 21 heavy (non-hydrogen) atoms. The number of halogens is 1. The minimum Gasteiger partial charge on any atom is -0.486 e. The Balaban J connectivity index is 1.62. The second-order valence-electron chi connectivity index (χ2n) is 5.82. The molecule has 1 aromatic rings. The number of benzene rings is 1. The van der Waals surface area contributed by atoms with Gasteiger partial charge in [-0.3, -0.25) is 0 Å². The molecule has 0 amide bonds. The van der Waals surface area contributed by atoms with Gasteiger partial charge in [0.2, 0.25) is 0 Å². The van der Waals surface area contributed by atoms with Crippen molar-refractivity contribution in [2.45, 2.75) is 44.3 Å². The highest BCUT2D eigenvalue weighted by Crippen LogP contribution is 2.32. The molecular weight excluding hydrogens is 271 g/mol. The van der Waals surface area contributed by atoms with Crippen LogP contribution >= 0.6 is 0 Å². The zero-order chi connectivity index (χ0) is 14.7. The number of ether oxygens (including phenoxy) is 2. The Kier molecular flexibility index (Phi) is 4.60. The van der Waals surface area contributed by atoms with E-state index in [1.165, 1.54) is 18.9 Å². The zero-order valence-corrected chi connectivity index (χ0v) is 12.5. The Hall–Kier alpha value is -1.33. The van der Waals surface area contributed by atoms with Gasteiger partial charge in [-0.15, -0.1) is 0 Å². The van der Waals surface area contributed by atoms with Crippen molar-refractivity contribution in [2.75, 3.05) is 20.3 Å². The fraction of sp³-hybridized carbons (Fsp3) is 0.625. The molecule has 0 saturated heterocycles. The van der Waals surface area contributed by atoms with Crippen LogP contribution in [0.2, 0.25) is 0 Å².